The van der Waals surface area contributed by atoms with Crippen LogP contribution in [0.4, 0.5) is 11.5 Å². The SMILES string of the molecule is C#CCSCCNc1ccc([N+](=O)[O-])c(C#N)n1. The summed E-state index contributed by atoms with van der Waals surface area (Å²) in [5.41, 5.74) is -0.481. The van der Waals surface area contributed by atoms with Gasteiger partial charge in [-0.2, -0.15) is 5.26 Å². The zero-order valence-corrected chi connectivity index (χ0v) is 10.2. The van der Waals surface area contributed by atoms with Gasteiger partial charge in [-0.3, -0.25) is 10.1 Å². The van der Waals surface area contributed by atoms with Gasteiger partial charge < -0.3 is 5.32 Å². The predicted molar refractivity (Wildman–Crippen MR) is 70.3 cm³/mol. The Hall–Kier alpha value is -2.25. The number of hydrogen-bond donors (Lipinski definition) is 1. The van der Waals surface area contributed by atoms with E-state index >= 15 is 0 Å². The first kappa shape index (κ1) is 13.8. The fraction of sp³-hybridized carbons (Fsp3) is 0.273. The molecule has 18 heavy (non-hydrogen) atoms. The van der Waals surface area contributed by atoms with Crippen LogP contribution in [0.3, 0.4) is 0 Å². The second-order valence-electron chi connectivity index (χ2n) is 3.12. The van der Waals surface area contributed by atoms with Gasteiger partial charge in [0.05, 0.1) is 10.7 Å². The molecule has 0 atom stereocenters. The average molecular weight is 262 g/mol. The molecule has 0 saturated heterocycles. The summed E-state index contributed by atoms with van der Waals surface area (Å²) in [5.74, 6) is 4.38. The van der Waals surface area contributed by atoms with Crippen molar-refractivity contribution in [1.29, 1.82) is 5.26 Å². The third-order valence-electron chi connectivity index (χ3n) is 1.91. The van der Waals surface area contributed by atoms with Gasteiger partial charge in [-0.05, 0) is 6.07 Å². The molecule has 0 aromatic carbocycles. The van der Waals surface area contributed by atoms with Crippen molar-refractivity contribution in [1.82, 2.24) is 4.98 Å². The molecule has 0 amide bonds. The Morgan fingerprint density at radius 1 is 1.61 bits per heavy atom. The molecule has 0 aliphatic rings. The van der Waals surface area contributed by atoms with E-state index < -0.39 is 4.92 Å². The monoisotopic (exact) mass is 262 g/mol. The lowest BCUT2D eigenvalue weighted by Crippen LogP contribution is -2.07. The summed E-state index contributed by atoms with van der Waals surface area (Å²) >= 11 is 1.59. The molecule has 1 heterocycles. The Labute approximate surface area is 109 Å². The van der Waals surface area contributed by atoms with Crippen LogP contribution in [0.2, 0.25) is 0 Å². The fourth-order valence-corrected chi connectivity index (χ4v) is 1.67. The minimum Gasteiger partial charge on any atom is -0.369 e. The molecule has 1 rings (SSSR count). The molecule has 1 N–H and O–H groups in total. The number of terminal acetylenes is 1. The smallest absolute Gasteiger partial charge is 0.305 e. The van der Waals surface area contributed by atoms with Crippen LogP contribution in [-0.2, 0) is 0 Å². The zero-order chi connectivity index (χ0) is 13.4. The summed E-state index contributed by atoms with van der Waals surface area (Å²) in [7, 11) is 0. The topological polar surface area (TPSA) is 91.9 Å². The Morgan fingerprint density at radius 2 is 2.39 bits per heavy atom. The normalized spacial score (nSPS) is 9.22. The Balaban J connectivity index is 2.61. The second kappa shape index (κ2) is 7.15. The standard InChI is InChI=1S/C11H10N4O2S/c1-2-6-18-7-5-13-11-4-3-10(15(16)17)9(8-12)14-11/h1,3-4H,5-7H2,(H,13,14). The van der Waals surface area contributed by atoms with E-state index in [0.717, 1.165) is 5.75 Å². The molecule has 0 fully saturated rings. The van der Waals surface area contributed by atoms with Gasteiger partial charge in [0.2, 0.25) is 5.69 Å². The van der Waals surface area contributed by atoms with E-state index in [0.29, 0.717) is 18.1 Å². The van der Waals surface area contributed by atoms with Crippen LogP contribution in [0.5, 0.6) is 0 Å². The molecular formula is C11H10N4O2S. The maximum Gasteiger partial charge on any atom is 0.305 e. The molecule has 0 spiro atoms. The van der Waals surface area contributed by atoms with Crippen molar-refractivity contribution in [3.8, 4) is 18.4 Å². The predicted octanol–water partition coefficient (Wildman–Crippen LogP) is 1.64. The number of thioether (sulfide) groups is 1. The molecule has 0 saturated carbocycles. The first-order valence-electron chi connectivity index (χ1n) is 4.99. The lowest BCUT2D eigenvalue weighted by Gasteiger charge is -2.04. The summed E-state index contributed by atoms with van der Waals surface area (Å²) < 4.78 is 0. The van der Waals surface area contributed by atoms with E-state index in [1.165, 1.54) is 12.1 Å². The molecule has 6 nitrogen and oxygen atoms in total. The van der Waals surface area contributed by atoms with E-state index in [2.05, 4.69) is 16.2 Å². The molecule has 0 radical (unpaired) electrons. The van der Waals surface area contributed by atoms with Crippen molar-refractivity contribution in [3.63, 3.8) is 0 Å². The third-order valence-corrected chi connectivity index (χ3v) is 2.78. The van der Waals surface area contributed by atoms with Crippen LogP contribution in [0.1, 0.15) is 5.69 Å². The number of nitrogens with zero attached hydrogens (tertiary/aromatic N) is 3. The summed E-state index contributed by atoms with van der Waals surface area (Å²) in [6.45, 7) is 0.627. The maximum absolute atomic E-state index is 10.6. The summed E-state index contributed by atoms with van der Waals surface area (Å²) in [4.78, 5) is 13.8. The van der Waals surface area contributed by atoms with E-state index in [4.69, 9.17) is 11.7 Å². The van der Waals surface area contributed by atoms with Crippen molar-refractivity contribution in [2.45, 2.75) is 0 Å². The number of nitro groups is 1. The van der Waals surface area contributed by atoms with E-state index in [9.17, 15) is 10.1 Å². The van der Waals surface area contributed by atoms with Crippen molar-refractivity contribution < 1.29 is 4.92 Å². The molecular weight excluding hydrogens is 252 g/mol. The number of anilines is 1. The van der Waals surface area contributed by atoms with Crippen molar-refractivity contribution in [3.05, 3.63) is 27.9 Å². The van der Waals surface area contributed by atoms with Gasteiger partial charge in [0.1, 0.15) is 11.9 Å². The number of pyridine rings is 1. The molecule has 1 aromatic rings. The molecule has 92 valence electrons. The van der Waals surface area contributed by atoms with Crippen LogP contribution in [0.15, 0.2) is 12.1 Å². The maximum atomic E-state index is 10.6. The van der Waals surface area contributed by atoms with Gasteiger partial charge in [-0.25, -0.2) is 4.98 Å². The number of hydrogen-bond acceptors (Lipinski definition) is 6. The quantitative estimate of drug-likeness (QED) is 0.362. The van der Waals surface area contributed by atoms with Crippen LogP contribution in [0.25, 0.3) is 0 Å². The Bertz CT molecular complexity index is 519. The largest absolute Gasteiger partial charge is 0.369 e. The molecule has 0 bridgehead atoms. The molecule has 0 unspecified atom stereocenters. The number of rotatable bonds is 6. The van der Waals surface area contributed by atoms with Gasteiger partial charge in [0.15, 0.2) is 0 Å². The van der Waals surface area contributed by atoms with Crippen LogP contribution in [0, 0.1) is 33.8 Å². The summed E-state index contributed by atoms with van der Waals surface area (Å²) in [5, 5.41) is 22.3. The van der Waals surface area contributed by atoms with Crippen LogP contribution in [-0.4, -0.2) is 28.0 Å². The third kappa shape index (κ3) is 3.96. The summed E-state index contributed by atoms with van der Waals surface area (Å²) in [6, 6.07) is 4.45. The number of nitriles is 1. The number of aromatic nitrogens is 1. The number of nitrogens with one attached hydrogen (secondary N) is 1. The van der Waals surface area contributed by atoms with E-state index in [1.807, 2.05) is 0 Å². The van der Waals surface area contributed by atoms with Gasteiger partial charge in [-0.15, -0.1) is 18.2 Å². The van der Waals surface area contributed by atoms with E-state index in [1.54, 1.807) is 17.8 Å². The Morgan fingerprint density at radius 3 is 3.00 bits per heavy atom. The lowest BCUT2D eigenvalue weighted by atomic mass is 10.3. The molecule has 1 aromatic heterocycles. The van der Waals surface area contributed by atoms with Crippen molar-refractivity contribution >= 4 is 23.3 Å². The highest BCUT2D eigenvalue weighted by atomic mass is 32.2. The highest BCUT2D eigenvalue weighted by molar-refractivity contribution is 7.99. The summed E-state index contributed by atoms with van der Waals surface area (Å²) in [6.07, 6.45) is 5.10. The van der Waals surface area contributed by atoms with Gasteiger partial charge in [-0.1, -0.05) is 5.92 Å². The highest BCUT2D eigenvalue weighted by Gasteiger charge is 2.15. The first-order chi connectivity index (χ1) is 8.69. The molecule has 0 aliphatic heterocycles. The minimum atomic E-state index is -0.627. The van der Waals surface area contributed by atoms with Crippen molar-refractivity contribution in [2.75, 3.05) is 23.4 Å². The fourth-order valence-electron chi connectivity index (χ4n) is 1.16. The lowest BCUT2D eigenvalue weighted by molar-refractivity contribution is -0.385. The zero-order valence-electron chi connectivity index (χ0n) is 9.42. The van der Waals surface area contributed by atoms with Crippen LogP contribution < -0.4 is 5.32 Å². The Kier molecular flexibility index (Phi) is 5.49. The first-order valence-corrected chi connectivity index (χ1v) is 6.15. The second-order valence-corrected chi connectivity index (χ2v) is 4.22. The molecule has 0 aliphatic carbocycles. The minimum absolute atomic E-state index is 0.193. The van der Waals surface area contributed by atoms with Gasteiger partial charge in [0, 0.05) is 18.4 Å². The highest BCUT2D eigenvalue weighted by Crippen LogP contribution is 2.17. The molecule has 7 heteroatoms. The van der Waals surface area contributed by atoms with Crippen molar-refractivity contribution in [2.24, 2.45) is 0 Å². The van der Waals surface area contributed by atoms with Gasteiger partial charge in [0.25, 0.3) is 0 Å². The van der Waals surface area contributed by atoms with Crippen LogP contribution >= 0.6 is 11.8 Å². The average Bonchev–Trinajstić information content (AvgIpc) is 2.38. The van der Waals surface area contributed by atoms with E-state index in [-0.39, 0.29) is 11.4 Å². The van der Waals surface area contributed by atoms with Gasteiger partial charge >= 0.3 is 5.69 Å².